The summed E-state index contributed by atoms with van der Waals surface area (Å²) in [4.78, 5) is 24.2. The van der Waals surface area contributed by atoms with Gasteiger partial charge >= 0.3 is 0 Å². The largest absolute Gasteiger partial charge is 0.269 e. The molecule has 0 saturated heterocycles. The second-order valence-electron chi connectivity index (χ2n) is 6.80. The smallest absolute Gasteiger partial charge is 0.267 e. The Kier molecular flexibility index (Phi) is 6.25. The molecule has 0 fully saturated rings. The van der Waals surface area contributed by atoms with Crippen LogP contribution in [0.3, 0.4) is 0 Å². The number of hydrogen-bond donors (Lipinski definition) is 3. The Balaban J connectivity index is 2.10. The number of hydrazine groups is 1. The Morgan fingerprint density at radius 3 is 1.93 bits per heavy atom. The number of carbonyl (C=O) groups is 2. The molecule has 0 atom stereocenters. The molecule has 144 valence electrons. The lowest BCUT2D eigenvalue weighted by Crippen LogP contribution is -2.42. The van der Waals surface area contributed by atoms with E-state index in [0.717, 1.165) is 0 Å². The zero-order chi connectivity index (χ0) is 20.2. The van der Waals surface area contributed by atoms with E-state index in [-0.39, 0.29) is 16.0 Å². The highest BCUT2D eigenvalue weighted by Crippen LogP contribution is 2.15. The molecule has 0 unspecified atom stereocenters. The van der Waals surface area contributed by atoms with Crippen LogP contribution in [0, 0.1) is 0 Å². The maximum absolute atomic E-state index is 12.4. The van der Waals surface area contributed by atoms with E-state index in [0.29, 0.717) is 5.02 Å². The first-order valence-corrected chi connectivity index (χ1v) is 9.84. The summed E-state index contributed by atoms with van der Waals surface area (Å²) in [6.45, 7) is 5.14. The number of sulfonamides is 1. The molecule has 0 aliphatic heterocycles. The van der Waals surface area contributed by atoms with E-state index in [2.05, 4.69) is 15.6 Å². The monoisotopic (exact) mass is 409 g/mol. The first kappa shape index (κ1) is 20.9. The summed E-state index contributed by atoms with van der Waals surface area (Å²) < 4.78 is 27.3. The highest BCUT2D eigenvalue weighted by molar-refractivity contribution is 7.89. The predicted molar refractivity (Wildman–Crippen MR) is 103 cm³/mol. The zero-order valence-corrected chi connectivity index (χ0v) is 16.6. The van der Waals surface area contributed by atoms with Crippen molar-refractivity contribution in [2.75, 3.05) is 0 Å². The van der Waals surface area contributed by atoms with Crippen LogP contribution in [-0.2, 0) is 10.0 Å². The van der Waals surface area contributed by atoms with E-state index < -0.39 is 27.4 Å². The fourth-order valence-corrected chi connectivity index (χ4v) is 3.81. The highest BCUT2D eigenvalue weighted by Gasteiger charge is 2.22. The minimum atomic E-state index is -3.79. The van der Waals surface area contributed by atoms with Gasteiger partial charge in [0.2, 0.25) is 10.0 Å². The fraction of sp³-hybridized carbons (Fsp3) is 0.222. The van der Waals surface area contributed by atoms with E-state index in [9.17, 15) is 18.0 Å². The first-order valence-electron chi connectivity index (χ1n) is 7.98. The maximum Gasteiger partial charge on any atom is 0.269 e. The van der Waals surface area contributed by atoms with Crippen molar-refractivity contribution in [3.63, 3.8) is 0 Å². The van der Waals surface area contributed by atoms with Gasteiger partial charge in [0, 0.05) is 21.7 Å². The van der Waals surface area contributed by atoms with Crippen LogP contribution >= 0.6 is 11.6 Å². The summed E-state index contributed by atoms with van der Waals surface area (Å²) in [7, 11) is -3.79. The summed E-state index contributed by atoms with van der Waals surface area (Å²) in [5.41, 5.74) is 4.19. The number of benzene rings is 2. The number of rotatable bonds is 4. The number of carbonyl (C=O) groups excluding carboxylic acids is 2. The van der Waals surface area contributed by atoms with Crippen molar-refractivity contribution in [1.29, 1.82) is 0 Å². The first-order chi connectivity index (χ1) is 12.5. The minimum Gasteiger partial charge on any atom is -0.267 e. The third-order valence-corrected chi connectivity index (χ3v) is 5.21. The van der Waals surface area contributed by atoms with Gasteiger partial charge in [0.15, 0.2) is 0 Å². The highest BCUT2D eigenvalue weighted by atomic mass is 35.5. The Morgan fingerprint density at radius 2 is 1.41 bits per heavy atom. The summed E-state index contributed by atoms with van der Waals surface area (Å²) >= 11 is 5.82. The van der Waals surface area contributed by atoms with E-state index in [1.807, 2.05) is 0 Å². The molecule has 0 heterocycles. The van der Waals surface area contributed by atoms with Crippen molar-refractivity contribution < 1.29 is 18.0 Å². The third-order valence-electron chi connectivity index (χ3n) is 3.22. The van der Waals surface area contributed by atoms with Crippen LogP contribution < -0.4 is 15.6 Å². The van der Waals surface area contributed by atoms with Gasteiger partial charge in [-0.05, 0) is 57.2 Å². The Labute approximate surface area is 163 Å². The van der Waals surface area contributed by atoms with E-state index >= 15 is 0 Å². The van der Waals surface area contributed by atoms with Crippen molar-refractivity contribution in [3.8, 4) is 0 Å². The zero-order valence-electron chi connectivity index (χ0n) is 15.0. The normalized spacial score (nSPS) is 11.7. The third kappa shape index (κ3) is 6.06. The van der Waals surface area contributed by atoms with Crippen molar-refractivity contribution >= 4 is 33.4 Å². The van der Waals surface area contributed by atoms with Crippen LogP contribution in [0.5, 0.6) is 0 Å². The molecule has 3 N–H and O–H groups in total. The molecule has 2 amide bonds. The average molecular weight is 410 g/mol. The van der Waals surface area contributed by atoms with Crippen LogP contribution in [-0.4, -0.2) is 25.8 Å². The number of halogens is 1. The average Bonchev–Trinajstić information content (AvgIpc) is 2.57. The molecule has 0 spiro atoms. The van der Waals surface area contributed by atoms with E-state index in [1.54, 1.807) is 39.0 Å². The molecule has 0 saturated carbocycles. The lowest BCUT2D eigenvalue weighted by molar-refractivity contribution is 0.0846. The van der Waals surface area contributed by atoms with Crippen molar-refractivity contribution in [2.45, 2.75) is 31.2 Å². The number of hydrogen-bond acceptors (Lipinski definition) is 4. The van der Waals surface area contributed by atoms with Gasteiger partial charge in [-0.25, -0.2) is 13.1 Å². The second kappa shape index (κ2) is 8.08. The van der Waals surface area contributed by atoms with Gasteiger partial charge in [0.25, 0.3) is 11.8 Å². The van der Waals surface area contributed by atoms with Crippen LogP contribution in [0.25, 0.3) is 0 Å². The summed E-state index contributed by atoms with van der Waals surface area (Å²) in [5.74, 6) is -1.21. The molecular formula is C18H20ClN3O4S. The molecule has 0 aliphatic carbocycles. The van der Waals surface area contributed by atoms with Gasteiger partial charge in [0.1, 0.15) is 0 Å². The molecule has 0 aliphatic rings. The Morgan fingerprint density at radius 1 is 0.889 bits per heavy atom. The topological polar surface area (TPSA) is 104 Å². The number of amides is 2. The molecule has 2 aromatic rings. The molecule has 9 heteroatoms. The van der Waals surface area contributed by atoms with E-state index in [4.69, 9.17) is 11.6 Å². The van der Waals surface area contributed by atoms with Gasteiger partial charge in [-0.2, -0.15) is 0 Å². The van der Waals surface area contributed by atoms with Crippen molar-refractivity contribution in [3.05, 3.63) is 64.7 Å². The van der Waals surface area contributed by atoms with Crippen molar-refractivity contribution in [1.82, 2.24) is 15.6 Å². The summed E-state index contributed by atoms with van der Waals surface area (Å²) in [6, 6.07) is 11.7. The lowest BCUT2D eigenvalue weighted by Gasteiger charge is -2.20. The van der Waals surface area contributed by atoms with Crippen LogP contribution in [0.15, 0.2) is 53.4 Å². The molecule has 2 rings (SSSR count). The van der Waals surface area contributed by atoms with Gasteiger partial charge in [-0.15, -0.1) is 0 Å². The van der Waals surface area contributed by atoms with Gasteiger partial charge < -0.3 is 0 Å². The van der Waals surface area contributed by atoms with Crippen LogP contribution in [0.4, 0.5) is 0 Å². The van der Waals surface area contributed by atoms with Crippen LogP contribution in [0.2, 0.25) is 5.02 Å². The summed E-state index contributed by atoms with van der Waals surface area (Å²) in [5, 5.41) is 0.387. The Bertz CT molecular complexity index is 969. The SMILES string of the molecule is CC(C)(C)NS(=O)(=O)c1cccc(C(=O)NNC(=O)c2cccc(Cl)c2)c1. The quantitative estimate of drug-likeness (QED) is 0.674. The second-order valence-corrected chi connectivity index (χ2v) is 8.92. The molecule has 0 bridgehead atoms. The molecule has 0 aromatic heterocycles. The standard InChI is InChI=1S/C18H20ClN3O4S/c1-18(2,3)22-27(25,26)15-9-5-7-13(11-15)17(24)21-20-16(23)12-6-4-8-14(19)10-12/h4-11,22H,1-3H3,(H,20,23)(H,21,24). The molecule has 27 heavy (non-hydrogen) atoms. The van der Waals surface area contributed by atoms with Gasteiger partial charge in [-0.1, -0.05) is 23.7 Å². The summed E-state index contributed by atoms with van der Waals surface area (Å²) in [6.07, 6.45) is 0. The molecule has 0 radical (unpaired) electrons. The minimum absolute atomic E-state index is 0.0498. The van der Waals surface area contributed by atoms with Crippen molar-refractivity contribution in [2.24, 2.45) is 0 Å². The molecular weight excluding hydrogens is 390 g/mol. The fourth-order valence-electron chi connectivity index (χ4n) is 2.15. The number of nitrogens with one attached hydrogen (secondary N) is 3. The van der Waals surface area contributed by atoms with E-state index in [1.165, 1.54) is 30.3 Å². The van der Waals surface area contributed by atoms with Crippen LogP contribution in [0.1, 0.15) is 41.5 Å². The lowest BCUT2D eigenvalue weighted by atomic mass is 10.1. The van der Waals surface area contributed by atoms with Gasteiger partial charge in [0.05, 0.1) is 4.90 Å². The maximum atomic E-state index is 12.4. The molecule has 2 aromatic carbocycles. The van der Waals surface area contributed by atoms with Gasteiger partial charge in [-0.3, -0.25) is 20.4 Å². The molecule has 7 nitrogen and oxygen atoms in total. The Hall–Kier alpha value is -2.42. The predicted octanol–water partition coefficient (Wildman–Crippen LogP) is 2.49.